The average molecular weight is 382 g/mol. The molecule has 0 aromatic heterocycles. The number of ether oxygens (including phenoxy) is 1. The summed E-state index contributed by atoms with van der Waals surface area (Å²) in [6.07, 6.45) is 2.91. The number of urea groups is 2. The zero-order valence-electron chi connectivity index (χ0n) is 15.7. The lowest BCUT2D eigenvalue weighted by molar-refractivity contribution is 0.112. The molecule has 28 heavy (non-hydrogen) atoms. The smallest absolute Gasteiger partial charge is 0.319 e. The Balaban J connectivity index is 1.36. The van der Waals surface area contributed by atoms with E-state index in [4.69, 9.17) is 4.74 Å². The van der Waals surface area contributed by atoms with Gasteiger partial charge >= 0.3 is 12.1 Å². The largest absolute Gasteiger partial charge is 0.376 e. The van der Waals surface area contributed by atoms with E-state index in [-0.39, 0.29) is 18.2 Å². The molecule has 0 spiro atoms. The van der Waals surface area contributed by atoms with Gasteiger partial charge in [0.2, 0.25) is 0 Å². The minimum Gasteiger partial charge on any atom is -0.376 e. The molecule has 3 rings (SSSR count). The maximum absolute atomic E-state index is 12.0. The predicted molar refractivity (Wildman–Crippen MR) is 110 cm³/mol. The van der Waals surface area contributed by atoms with Gasteiger partial charge in [0.15, 0.2) is 0 Å². The van der Waals surface area contributed by atoms with Gasteiger partial charge < -0.3 is 26.0 Å². The Morgan fingerprint density at radius 1 is 0.893 bits per heavy atom. The van der Waals surface area contributed by atoms with Crippen LogP contribution in [0, 0.1) is 0 Å². The topological polar surface area (TPSA) is 91.5 Å². The van der Waals surface area contributed by atoms with Crippen LogP contribution in [0.1, 0.15) is 18.4 Å². The van der Waals surface area contributed by atoms with Gasteiger partial charge in [0.05, 0.1) is 6.10 Å². The summed E-state index contributed by atoms with van der Waals surface area (Å²) >= 11 is 0. The van der Waals surface area contributed by atoms with Gasteiger partial charge in [0, 0.05) is 31.1 Å². The Hall–Kier alpha value is -3.06. The van der Waals surface area contributed by atoms with Crippen molar-refractivity contribution in [3.8, 4) is 0 Å². The lowest BCUT2D eigenvalue weighted by Crippen LogP contribution is -2.35. The van der Waals surface area contributed by atoms with E-state index in [2.05, 4.69) is 21.3 Å². The number of hydrogen-bond donors (Lipinski definition) is 4. The molecule has 1 fully saturated rings. The van der Waals surface area contributed by atoms with Crippen molar-refractivity contribution in [2.45, 2.75) is 25.4 Å². The molecule has 2 aromatic carbocycles. The third kappa shape index (κ3) is 6.59. The molecule has 0 saturated carbocycles. The predicted octanol–water partition coefficient (Wildman–Crippen LogP) is 3.35. The fraction of sp³-hybridized carbons (Fsp3) is 0.333. The summed E-state index contributed by atoms with van der Waals surface area (Å²) in [5.41, 5.74) is 2.48. The first-order valence-corrected chi connectivity index (χ1v) is 9.54. The monoisotopic (exact) mass is 382 g/mol. The fourth-order valence-corrected chi connectivity index (χ4v) is 2.96. The zero-order valence-corrected chi connectivity index (χ0v) is 15.7. The molecular formula is C21H26N4O3. The molecule has 1 atom stereocenters. The highest BCUT2D eigenvalue weighted by molar-refractivity contribution is 5.91. The normalized spacial score (nSPS) is 15.6. The Morgan fingerprint density at radius 3 is 2.14 bits per heavy atom. The first-order valence-electron chi connectivity index (χ1n) is 9.54. The highest BCUT2D eigenvalue weighted by Crippen LogP contribution is 2.14. The highest BCUT2D eigenvalue weighted by atomic mass is 16.5. The second kappa shape index (κ2) is 10.3. The van der Waals surface area contributed by atoms with Crippen LogP contribution in [0.3, 0.4) is 0 Å². The van der Waals surface area contributed by atoms with Crippen LogP contribution in [0.15, 0.2) is 54.6 Å². The third-order valence-corrected chi connectivity index (χ3v) is 4.46. The second-order valence-electron chi connectivity index (χ2n) is 6.66. The van der Waals surface area contributed by atoms with Gasteiger partial charge in [-0.1, -0.05) is 30.3 Å². The Bertz CT molecular complexity index is 759. The van der Waals surface area contributed by atoms with E-state index in [0.29, 0.717) is 24.5 Å². The van der Waals surface area contributed by atoms with Crippen LogP contribution < -0.4 is 21.3 Å². The molecule has 4 amide bonds. The maximum atomic E-state index is 12.0. The number of anilines is 2. The molecule has 1 unspecified atom stereocenters. The van der Waals surface area contributed by atoms with Gasteiger partial charge in [-0.25, -0.2) is 9.59 Å². The van der Waals surface area contributed by atoms with E-state index in [1.807, 2.05) is 30.3 Å². The van der Waals surface area contributed by atoms with Crippen LogP contribution in [0.25, 0.3) is 0 Å². The first kappa shape index (κ1) is 19.7. The van der Waals surface area contributed by atoms with E-state index in [9.17, 15) is 9.59 Å². The standard InChI is InChI=1S/C21H26N4O3/c26-20(22-13-12-16-5-2-1-3-6-16)24-17-8-10-18(11-9-17)25-21(27)23-15-19-7-4-14-28-19/h1-3,5-6,8-11,19H,4,7,12-15H2,(H2,22,24,26)(H2,23,25,27). The minimum absolute atomic E-state index is 0.109. The molecule has 7 heteroatoms. The van der Waals surface area contributed by atoms with Gasteiger partial charge in [-0.2, -0.15) is 0 Å². The van der Waals surface area contributed by atoms with Crippen molar-refractivity contribution in [3.63, 3.8) is 0 Å². The second-order valence-corrected chi connectivity index (χ2v) is 6.66. The number of amides is 4. The van der Waals surface area contributed by atoms with Gasteiger partial charge in [0.1, 0.15) is 0 Å². The molecule has 4 N–H and O–H groups in total. The first-order chi connectivity index (χ1) is 13.7. The van der Waals surface area contributed by atoms with Crippen molar-refractivity contribution in [1.29, 1.82) is 0 Å². The molecular weight excluding hydrogens is 356 g/mol. The van der Waals surface area contributed by atoms with E-state index in [1.54, 1.807) is 24.3 Å². The summed E-state index contributed by atoms with van der Waals surface area (Å²) < 4.78 is 5.47. The lowest BCUT2D eigenvalue weighted by atomic mass is 10.1. The number of benzene rings is 2. The maximum Gasteiger partial charge on any atom is 0.319 e. The molecule has 0 aliphatic carbocycles. The molecule has 7 nitrogen and oxygen atoms in total. The number of carbonyl (C=O) groups is 2. The summed E-state index contributed by atoms with van der Waals surface area (Å²) in [7, 11) is 0. The lowest BCUT2D eigenvalue weighted by Gasteiger charge is -2.12. The van der Waals surface area contributed by atoms with Crippen LogP contribution in [0.5, 0.6) is 0 Å². The Kier molecular flexibility index (Phi) is 7.26. The molecule has 1 aliphatic rings. The summed E-state index contributed by atoms with van der Waals surface area (Å²) in [6, 6.07) is 16.4. The van der Waals surface area contributed by atoms with Crippen LogP contribution in [0.4, 0.5) is 21.0 Å². The molecule has 0 radical (unpaired) electrons. The third-order valence-electron chi connectivity index (χ3n) is 4.46. The molecule has 1 heterocycles. The van der Waals surface area contributed by atoms with Crippen molar-refractivity contribution >= 4 is 23.4 Å². The Morgan fingerprint density at radius 2 is 1.54 bits per heavy atom. The zero-order chi connectivity index (χ0) is 19.6. The quantitative estimate of drug-likeness (QED) is 0.592. The summed E-state index contributed by atoms with van der Waals surface area (Å²) in [4.78, 5) is 23.9. The van der Waals surface area contributed by atoms with Gasteiger partial charge in [0.25, 0.3) is 0 Å². The van der Waals surface area contributed by atoms with Gasteiger partial charge in [-0.15, -0.1) is 0 Å². The summed E-state index contributed by atoms with van der Waals surface area (Å²) in [6.45, 7) is 1.83. The van der Waals surface area contributed by atoms with E-state index in [0.717, 1.165) is 25.9 Å². The molecule has 0 bridgehead atoms. The molecule has 1 aliphatic heterocycles. The fourth-order valence-electron chi connectivity index (χ4n) is 2.96. The van der Waals surface area contributed by atoms with Crippen molar-refractivity contribution in [1.82, 2.24) is 10.6 Å². The number of nitrogens with one attached hydrogen (secondary N) is 4. The Labute approximate surface area is 164 Å². The summed E-state index contributed by atoms with van der Waals surface area (Å²) in [5.74, 6) is 0. The average Bonchev–Trinajstić information content (AvgIpc) is 3.22. The van der Waals surface area contributed by atoms with Crippen molar-refractivity contribution in [3.05, 3.63) is 60.2 Å². The number of carbonyl (C=O) groups excluding carboxylic acids is 2. The van der Waals surface area contributed by atoms with E-state index >= 15 is 0 Å². The SMILES string of the molecule is O=C(NCCc1ccccc1)Nc1ccc(NC(=O)NCC2CCCO2)cc1. The molecule has 1 saturated heterocycles. The van der Waals surface area contributed by atoms with Crippen LogP contribution in [-0.2, 0) is 11.2 Å². The van der Waals surface area contributed by atoms with E-state index in [1.165, 1.54) is 5.56 Å². The number of rotatable bonds is 7. The van der Waals surface area contributed by atoms with Crippen molar-refractivity contribution in [2.75, 3.05) is 30.3 Å². The van der Waals surface area contributed by atoms with E-state index < -0.39 is 0 Å². The van der Waals surface area contributed by atoms with Gasteiger partial charge in [-0.3, -0.25) is 0 Å². The van der Waals surface area contributed by atoms with Crippen LogP contribution in [0.2, 0.25) is 0 Å². The number of hydrogen-bond acceptors (Lipinski definition) is 3. The minimum atomic E-state index is -0.269. The van der Waals surface area contributed by atoms with Crippen LogP contribution in [-0.4, -0.2) is 37.9 Å². The molecule has 2 aromatic rings. The molecule has 148 valence electrons. The van der Waals surface area contributed by atoms with Crippen molar-refractivity contribution < 1.29 is 14.3 Å². The van der Waals surface area contributed by atoms with Crippen molar-refractivity contribution in [2.24, 2.45) is 0 Å². The highest BCUT2D eigenvalue weighted by Gasteiger charge is 2.16. The van der Waals surface area contributed by atoms with Crippen LogP contribution >= 0.6 is 0 Å². The summed E-state index contributed by atoms with van der Waals surface area (Å²) in [5, 5.41) is 11.2. The van der Waals surface area contributed by atoms with Gasteiger partial charge in [-0.05, 0) is 49.1 Å².